The summed E-state index contributed by atoms with van der Waals surface area (Å²) in [5, 5.41) is 18.0. The van der Waals surface area contributed by atoms with E-state index in [2.05, 4.69) is 9.88 Å². The number of carbonyl (C=O) groups is 2. The summed E-state index contributed by atoms with van der Waals surface area (Å²) in [5.41, 5.74) is 2.41. The van der Waals surface area contributed by atoms with E-state index < -0.39 is 11.9 Å². The number of imidazole rings is 1. The highest BCUT2D eigenvalue weighted by molar-refractivity contribution is 5.81. The standard InChI is InChI=1S/C15H17N3O4/c19-14(20)8-18-9-16-12-6-11(3-4-13(12)18)17-5-1-2-10(7-17)15(21)22/h3-4,6,9-10H,1-2,5,7-8H2,(H,19,20)(H,21,22). The SMILES string of the molecule is O=C(O)Cn1cnc2cc(N3CCCC(C(=O)O)C3)ccc21. The molecule has 2 N–H and O–H groups in total. The first-order valence-electron chi connectivity index (χ1n) is 7.19. The lowest BCUT2D eigenvalue weighted by Gasteiger charge is -2.32. The van der Waals surface area contributed by atoms with Gasteiger partial charge in [-0.2, -0.15) is 0 Å². The Labute approximate surface area is 126 Å². The maximum atomic E-state index is 11.2. The van der Waals surface area contributed by atoms with Crippen molar-refractivity contribution in [3.8, 4) is 0 Å². The van der Waals surface area contributed by atoms with E-state index in [1.165, 1.54) is 6.33 Å². The van der Waals surface area contributed by atoms with Gasteiger partial charge in [-0.25, -0.2) is 4.98 Å². The van der Waals surface area contributed by atoms with Crippen LogP contribution in [-0.2, 0) is 16.1 Å². The number of hydrogen-bond donors (Lipinski definition) is 2. The number of carboxylic acid groups (broad SMARTS) is 2. The van der Waals surface area contributed by atoms with Gasteiger partial charge in [0.2, 0.25) is 0 Å². The largest absolute Gasteiger partial charge is 0.481 e. The minimum absolute atomic E-state index is 0.124. The molecular weight excluding hydrogens is 286 g/mol. The third kappa shape index (κ3) is 2.74. The molecule has 1 unspecified atom stereocenters. The number of rotatable bonds is 4. The third-order valence-corrected chi connectivity index (χ3v) is 4.05. The Morgan fingerprint density at radius 2 is 2.14 bits per heavy atom. The highest BCUT2D eigenvalue weighted by Gasteiger charge is 2.25. The van der Waals surface area contributed by atoms with E-state index in [0.29, 0.717) is 13.0 Å². The molecule has 0 spiro atoms. The lowest BCUT2D eigenvalue weighted by molar-refractivity contribution is -0.142. The average molecular weight is 303 g/mol. The van der Waals surface area contributed by atoms with Crippen LogP contribution in [0.25, 0.3) is 11.0 Å². The number of benzene rings is 1. The molecule has 0 amide bonds. The van der Waals surface area contributed by atoms with Gasteiger partial charge in [0.1, 0.15) is 6.54 Å². The van der Waals surface area contributed by atoms with E-state index in [1.807, 2.05) is 18.2 Å². The van der Waals surface area contributed by atoms with Crippen LogP contribution in [0.2, 0.25) is 0 Å². The Morgan fingerprint density at radius 3 is 2.86 bits per heavy atom. The zero-order chi connectivity index (χ0) is 15.7. The number of aliphatic carboxylic acids is 2. The van der Waals surface area contributed by atoms with Crippen LogP contribution in [0.5, 0.6) is 0 Å². The Balaban J connectivity index is 1.86. The molecule has 0 bridgehead atoms. The number of anilines is 1. The summed E-state index contributed by atoms with van der Waals surface area (Å²) in [6.45, 7) is 1.20. The van der Waals surface area contributed by atoms with Crippen molar-refractivity contribution in [2.24, 2.45) is 5.92 Å². The van der Waals surface area contributed by atoms with Crippen molar-refractivity contribution >= 4 is 28.7 Å². The molecule has 7 nitrogen and oxygen atoms in total. The first-order valence-corrected chi connectivity index (χ1v) is 7.19. The van der Waals surface area contributed by atoms with Crippen LogP contribution in [0.15, 0.2) is 24.5 Å². The fourth-order valence-corrected chi connectivity index (χ4v) is 2.93. The Hall–Kier alpha value is -2.57. The zero-order valence-corrected chi connectivity index (χ0v) is 12.0. The van der Waals surface area contributed by atoms with Gasteiger partial charge >= 0.3 is 11.9 Å². The first kappa shape index (κ1) is 14.4. The van der Waals surface area contributed by atoms with Crippen LogP contribution < -0.4 is 4.90 Å². The fraction of sp³-hybridized carbons (Fsp3) is 0.400. The second-order valence-electron chi connectivity index (χ2n) is 5.56. The molecule has 22 heavy (non-hydrogen) atoms. The summed E-state index contributed by atoms with van der Waals surface area (Å²) in [4.78, 5) is 28.3. The molecule has 1 aromatic carbocycles. The molecule has 0 aliphatic carbocycles. The van der Waals surface area contributed by atoms with Gasteiger partial charge in [-0.15, -0.1) is 0 Å². The number of fused-ring (bicyclic) bond motifs is 1. The molecule has 3 rings (SSSR count). The summed E-state index contributed by atoms with van der Waals surface area (Å²) in [6, 6.07) is 5.62. The van der Waals surface area contributed by atoms with Gasteiger partial charge in [0, 0.05) is 18.8 Å². The number of aromatic nitrogens is 2. The smallest absolute Gasteiger partial charge is 0.323 e. The van der Waals surface area contributed by atoms with Gasteiger partial charge in [-0.3, -0.25) is 9.59 Å². The molecule has 1 fully saturated rings. The molecule has 1 atom stereocenters. The lowest BCUT2D eigenvalue weighted by atomic mass is 9.98. The second-order valence-corrected chi connectivity index (χ2v) is 5.56. The van der Waals surface area contributed by atoms with Crippen molar-refractivity contribution in [3.05, 3.63) is 24.5 Å². The van der Waals surface area contributed by atoms with E-state index in [-0.39, 0.29) is 12.5 Å². The lowest BCUT2D eigenvalue weighted by Crippen LogP contribution is -2.38. The molecule has 116 valence electrons. The number of carboxylic acids is 2. The van der Waals surface area contributed by atoms with Gasteiger partial charge in [-0.05, 0) is 31.0 Å². The van der Waals surface area contributed by atoms with Crippen LogP contribution in [0, 0.1) is 5.92 Å². The Bertz CT molecular complexity index is 725. The number of hydrogen-bond acceptors (Lipinski definition) is 4. The summed E-state index contributed by atoms with van der Waals surface area (Å²) < 4.78 is 1.58. The summed E-state index contributed by atoms with van der Waals surface area (Å²) >= 11 is 0. The predicted octanol–water partition coefficient (Wildman–Crippen LogP) is 1.42. The predicted molar refractivity (Wildman–Crippen MR) is 79.9 cm³/mol. The number of nitrogens with zero attached hydrogens (tertiary/aromatic N) is 3. The zero-order valence-electron chi connectivity index (χ0n) is 12.0. The minimum atomic E-state index is -0.913. The van der Waals surface area contributed by atoms with Gasteiger partial charge in [0.25, 0.3) is 0 Å². The van der Waals surface area contributed by atoms with Crippen molar-refractivity contribution in [1.82, 2.24) is 9.55 Å². The second kappa shape index (κ2) is 5.67. The average Bonchev–Trinajstić information content (AvgIpc) is 2.89. The number of piperidine rings is 1. The quantitative estimate of drug-likeness (QED) is 0.887. The van der Waals surface area contributed by atoms with E-state index in [9.17, 15) is 9.59 Å². The van der Waals surface area contributed by atoms with Crippen molar-refractivity contribution in [2.75, 3.05) is 18.0 Å². The Morgan fingerprint density at radius 1 is 1.32 bits per heavy atom. The van der Waals surface area contributed by atoms with E-state index in [1.54, 1.807) is 4.57 Å². The maximum absolute atomic E-state index is 11.2. The van der Waals surface area contributed by atoms with E-state index in [0.717, 1.165) is 29.7 Å². The van der Waals surface area contributed by atoms with Crippen LogP contribution >= 0.6 is 0 Å². The van der Waals surface area contributed by atoms with Crippen molar-refractivity contribution in [3.63, 3.8) is 0 Å². The maximum Gasteiger partial charge on any atom is 0.323 e. The van der Waals surface area contributed by atoms with Gasteiger partial charge < -0.3 is 19.7 Å². The molecule has 1 aliphatic rings. The molecule has 1 aliphatic heterocycles. The minimum Gasteiger partial charge on any atom is -0.481 e. The highest BCUT2D eigenvalue weighted by atomic mass is 16.4. The summed E-state index contributed by atoms with van der Waals surface area (Å²) in [7, 11) is 0. The molecule has 0 radical (unpaired) electrons. The van der Waals surface area contributed by atoms with Gasteiger partial charge in [0.15, 0.2) is 0 Å². The summed E-state index contributed by atoms with van der Waals surface area (Å²) in [6.07, 6.45) is 3.07. The van der Waals surface area contributed by atoms with Crippen LogP contribution in [0.4, 0.5) is 5.69 Å². The van der Waals surface area contributed by atoms with Crippen molar-refractivity contribution in [1.29, 1.82) is 0 Å². The molecule has 1 aromatic heterocycles. The van der Waals surface area contributed by atoms with E-state index in [4.69, 9.17) is 10.2 Å². The molecule has 2 heterocycles. The Kier molecular flexibility index (Phi) is 3.70. The van der Waals surface area contributed by atoms with Crippen LogP contribution in [0.3, 0.4) is 0 Å². The normalized spacial score (nSPS) is 18.5. The fourth-order valence-electron chi connectivity index (χ4n) is 2.93. The van der Waals surface area contributed by atoms with Crippen molar-refractivity contribution < 1.29 is 19.8 Å². The van der Waals surface area contributed by atoms with Crippen LogP contribution in [0.1, 0.15) is 12.8 Å². The summed E-state index contributed by atoms with van der Waals surface area (Å²) in [5.74, 6) is -2.01. The highest BCUT2D eigenvalue weighted by Crippen LogP contribution is 2.26. The topological polar surface area (TPSA) is 95.7 Å². The molecule has 1 saturated heterocycles. The first-order chi connectivity index (χ1) is 10.5. The van der Waals surface area contributed by atoms with E-state index >= 15 is 0 Å². The van der Waals surface area contributed by atoms with Crippen LogP contribution in [-0.4, -0.2) is 44.8 Å². The monoisotopic (exact) mass is 303 g/mol. The molecule has 7 heteroatoms. The van der Waals surface area contributed by atoms with Crippen molar-refractivity contribution in [2.45, 2.75) is 19.4 Å². The van der Waals surface area contributed by atoms with Gasteiger partial charge in [-0.1, -0.05) is 0 Å². The molecule has 2 aromatic rings. The molecular formula is C15H17N3O4. The molecule has 0 saturated carbocycles. The third-order valence-electron chi connectivity index (χ3n) is 4.05. The van der Waals surface area contributed by atoms with Gasteiger partial charge in [0.05, 0.1) is 23.3 Å².